The van der Waals surface area contributed by atoms with Crippen molar-refractivity contribution in [3.63, 3.8) is 0 Å². The van der Waals surface area contributed by atoms with Gasteiger partial charge >= 0.3 is 23.9 Å². The summed E-state index contributed by atoms with van der Waals surface area (Å²) in [6, 6.07) is -3.73. The second-order valence-corrected chi connectivity index (χ2v) is 7.30. The van der Waals surface area contributed by atoms with Crippen molar-refractivity contribution >= 4 is 36.1 Å². The first-order valence-electron chi connectivity index (χ1n) is 10.6. The zero-order valence-corrected chi connectivity index (χ0v) is 18.0. The minimum absolute atomic E-state index is 0.0716. The third-order valence-corrected chi connectivity index (χ3v) is 4.57. The zero-order valence-electron chi connectivity index (χ0n) is 18.0. The standard InChI is InChI=1S/C20H33N3O9/c24-13-7-3-1-2-4-9-16(25)21-12-6-5-8-14(18(28)29)22-20(32)23-15(19(30)31)10-11-17(26)27/h13-15H,1-12H2,(H,21,25)(H,26,27)(H,28,29)(H,30,31)(H2,22,23,32). The lowest BCUT2D eigenvalue weighted by Crippen LogP contribution is -2.51. The first-order chi connectivity index (χ1) is 15.2. The van der Waals surface area contributed by atoms with E-state index in [2.05, 4.69) is 16.0 Å². The molecule has 6 N–H and O–H groups in total. The van der Waals surface area contributed by atoms with Crippen molar-refractivity contribution in [2.45, 2.75) is 82.7 Å². The highest BCUT2D eigenvalue weighted by Gasteiger charge is 2.24. The average Bonchev–Trinajstić information content (AvgIpc) is 2.71. The van der Waals surface area contributed by atoms with Crippen molar-refractivity contribution in [2.75, 3.05) is 6.54 Å². The summed E-state index contributed by atoms with van der Waals surface area (Å²) < 4.78 is 0. The van der Waals surface area contributed by atoms with Crippen LogP contribution < -0.4 is 16.0 Å². The number of aliphatic carboxylic acids is 3. The van der Waals surface area contributed by atoms with Gasteiger partial charge in [0.15, 0.2) is 0 Å². The number of carbonyl (C=O) groups excluding carboxylic acids is 3. The second kappa shape index (κ2) is 17.5. The number of carboxylic acids is 3. The molecule has 0 aromatic rings. The maximum absolute atomic E-state index is 11.9. The van der Waals surface area contributed by atoms with Gasteiger partial charge in [-0.15, -0.1) is 0 Å². The van der Waals surface area contributed by atoms with Gasteiger partial charge in [0, 0.05) is 25.8 Å². The van der Waals surface area contributed by atoms with E-state index in [4.69, 9.17) is 10.2 Å². The Morgan fingerprint density at radius 2 is 1.31 bits per heavy atom. The Morgan fingerprint density at radius 3 is 1.88 bits per heavy atom. The summed E-state index contributed by atoms with van der Waals surface area (Å²) in [6.45, 7) is 0.360. The molecule has 0 aromatic heterocycles. The number of nitrogens with one attached hydrogen (secondary N) is 3. The fourth-order valence-corrected chi connectivity index (χ4v) is 2.80. The molecule has 12 nitrogen and oxygen atoms in total. The van der Waals surface area contributed by atoms with Crippen molar-refractivity contribution in [3.8, 4) is 0 Å². The van der Waals surface area contributed by atoms with E-state index in [1.807, 2.05) is 0 Å². The Bertz CT molecular complexity index is 640. The molecule has 0 aliphatic rings. The van der Waals surface area contributed by atoms with Gasteiger partial charge < -0.3 is 36.1 Å². The summed E-state index contributed by atoms with van der Waals surface area (Å²) in [5.74, 6) is -4.04. The van der Waals surface area contributed by atoms with Crippen LogP contribution in [0.25, 0.3) is 0 Å². The fraction of sp³-hybridized carbons (Fsp3) is 0.700. The van der Waals surface area contributed by atoms with Crippen molar-refractivity contribution in [2.24, 2.45) is 0 Å². The predicted molar refractivity (Wildman–Crippen MR) is 112 cm³/mol. The predicted octanol–water partition coefficient (Wildman–Crippen LogP) is 0.883. The summed E-state index contributed by atoms with van der Waals surface area (Å²) in [7, 11) is 0. The summed E-state index contributed by atoms with van der Waals surface area (Å²) in [6.07, 6.45) is 5.26. The van der Waals surface area contributed by atoms with E-state index in [9.17, 15) is 33.9 Å². The maximum Gasteiger partial charge on any atom is 0.326 e. The lowest BCUT2D eigenvalue weighted by Gasteiger charge is -2.18. The van der Waals surface area contributed by atoms with Crippen LogP contribution in [0.2, 0.25) is 0 Å². The third kappa shape index (κ3) is 15.6. The molecule has 0 spiro atoms. The normalized spacial score (nSPS) is 12.2. The Labute approximate surface area is 186 Å². The van der Waals surface area contributed by atoms with Crippen molar-refractivity contribution in [3.05, 3.63) is 0 Å². The average molecular weight is 459 g/mol. The number of urea groups is 1. The first kappa shape index (κ1) is 28.8. The first-order valence-corrected chi connectivity index (χ1v) is 10.6. The molecule has 0 heterocycles. The van der Waals surface area contributed by atoms with Crippen molar-refractivity contribution < 1.29 is 44.1 Å². The Morgan fingerprint density at radius 1 is 0.719 bits per heavy atom. The minimum Gasteiger partial charge on any atom is -0.481 e. The van der Waals surface area contributed by atoms with Crippen LogP contribution in [0.1, 0.15) is 70.6 Å². The lowest BCUT2D eigenvalue weighted by atomic mass is 10.1. The maximum atomic E-state index is 11.9. The number of carbonyl (C=O) groups is 6. The highest BCUT2D eigenvalue weighted by atomic mass is 16.4. The molecule has 0 saturated heterocycles. The number of amides is 3. The summed E-state index contributed by atoms with van der Waals surface area (Å²) in [5, 5.41) is 33.8. The molecule has 0 saturated carbocycles. The number of unbranched alkanes of at least 4 members (excludes halogenated alkanes) is 5. The molecule has 0 aliphatic heterocycles. The van der Waals surface area contributed by atoms with Gasteiger partial charge in [0.1, 0.15) is 18.4 Å². The smallest absolute Gasteiger partial charge is 0.326 e. The largest absolute Gasteiger partial charge is 0.481 e. The van der Waals surface area contributed by atoms with Gasteiger partial charge in [0.05, 0.1) is 0 Å². The molecule has 0 radical (unpaired) electrons. The number of aldehydes is 1. The van der Waals surface area contributed by atoms with E-state index in [-0.39, 0.29) is 18.7 Å². The van der Waals surface area contributed by atoms with Crippen molar-refractivity contribution in [1.82, 2.24) is 16.0 Å². The van der Waals surface area contributed by atoms with E-state index in [0.717, 1.165) is 32.0 Å². The topological polar surface area (TPSA) is 199 Å². The SMILES string of the molecule is O=CCCCCCCC(=O)NCCCCC(NC(=O)NC(CCC(=O)O)C(=O)O)C(=O)O. The minimum atomic E-state index is -1.46. The monoisotopic (exact) mass is 459 g/mol. The zero-order chi connectivity index (χ0) is 24.4. The Hall–Kier alpha value is -3.18. The molecule has 2 unspecified atom stereocenters. The van der Waals surface area contributed by atoms with E-state index < -0.39 is 42.4 Å². The van der Waals surface area contributed by atoms with Gasteiger partial charge in [-0.1, -0.05) is 12.8 Å². The van der Waals surface area contributed by atoms with E-state index >= 15 is 0 Å². The molecule has 3 amide bonds. The molecule has 2 atom stereocenters. The molecular formula is C20H33N3O9. The van der Waals surface area contributed by atoms with Crippen LogP contribution in [-0.2, 0) is 24.0 Å². The number of rotatable bonds is 19. The third-order valence-electron chi connectivity index (χ3n) is 4.57. The van der Waals surface area contributed by atoms with Crippen LogP contribution >= 0.6 is 0 Å². The van der Waals surface area contributed by atoms with Gasteiger partial charge in [-0.3, -0.25) is 9.59 Å². The van der Waals surface area contributed by atoms with Crippen LogP contribution in [0.5, 0.6) is 0 Å². The molecular weight excluding hydrogens is 426 g/mol. The van der Waals surface area contributed by atoms with Crippen LogP contribution in [0.15, 0.2) is 0 Å². The molecule has 0 aromatic carbocycles. The van der Waals surface area contributed by atoms with E-state index in [1.165, 1.54) is 0 Å². The fourth-order valence-electron chi connectivity index (χ4n) is 2.80. The summed E-state index contributed by atoms with van der Waals surface area (Å²) in [5.41, 5.74) is 0. The number of hydrogen-bond acceptors (Lipinski definition) is 6. The van der Waals surface area contributed by atoms with Gasteiger partial charge in [0.25, 0.3) is 0 Å². The second-order valence-electron chi connectivity index (χ2n) is 7.30. The Kier molecular flexibility index (Phi) is 15.8. The summed E-state index contributed by atoms with van der Waals surface area (Å²) in [4.78, 5) is 66.8. The van der Waals surface area contributed by atoms with Crippen LogP contribution in [0.3, 0.4) is 0 Å². The van der Waals surface area contributed by atoms with E-state index in [1.54, 1.807) is 0 Å². The highest BCUT2D eigenvalue weighted by Crippen LogP contribution is 2.05. The van der Waals surface area contributed by atoms with Crippen LogP contribution in [0.4, 0.5) is 4.79 Å². The molecule has 12 heteroatoms. The summed E-state index contributed by atoms with van der Waals surface area (Å²) >= 11 is 0. The highest BCUT2D eigenvalue weighted by molar-refractivity contribution is 5.86. The van der Waals surface area contributed by atoms with Crippen LogP contribution in [0, 0.1) is 0 Å². The lowest BCUT2D eigenvalue weighted by molar-refractivity contribution is -0.141. The molecule has 0 rings (SSSR count). The quantitative estimate of drug-likeness (QED) is 0.120. The molecule has 182 valence electrons. The molecule has 0 bridgehead atoms. The Balaban J connectivity index is 4.15. The van der Waals surface area contributed by atoms with Gasteiger partial charge in [-0.25, -0.2) is 14.4 Å². The molecule has 0 aliphatic carbocycles. The van der Waals surface area contributed by atoms with Gasteiger partial charge in [-0.05, 0) is 38.5 Å². The van der Waals surface area contributed by atoms with Crippen molar-refractivity contribution in [1.29, 1.82) is 0 Å². The molecule has 32 heavy (non-hydrogen) atoms. The number of hydrogen-bond donors (Lipinski definition) is 6. The molecule has 0 fully saturated rings. The number of carboxylic acid groups (broad SMARTS) is 3. The van der Waals surface area contributed by atoms with E-state index in [0.29, 0.717) is 32.2 Å². The van der Waals surface area contributed by atoms with Gasteiger partial charge in [-0.2, -0.15) is 0 Å². The van der Waals surface area contributed by atoms with Crippen LogP contribution in [-0.4, -0.2) is 70.1 Å². The van der Waals surface area contributed by atoms with Gasteiger partial charge in [0.2, 0.25) is 5.91 Å².